The molecule has 0 heterocycles. The molecule has 4 aromatic carbocycles. The van der Waals surface area contributed by atoms with Crippen LogP contribution >= 0.6 is 0 Å². The largest absolute Gasteiger partial charge is 0.376 e. The summed E-state index contributed by atoms with van der Waals surface area (Å²) in [5, 5.41) is 24.7. The van der Waals surface area contributed by atoms with Crippen molar-refractivity contribution in [3.05, 3.63) is 154 Å². The fourth-order valence-electron chi connectivity index (χ4n) is 5.41. The monoisotopic (exact) mass is 444 g/mol. The Morgan fingerprint density at radius 1 is 0.441 bits per heavy atom. The Kier molecular flexibility index (Phi) is 4.33. The van der Waals surface area contributed by atoms with Gasteiger partial charge in [-0.1, -0.05) is 109 Å². The average molecular weight is 444 g/mol. The van der Waals surface area contributed by atoms with E-state index in [4.69, 9.17) is 0 Å². The minimum atomic E-state index is -1.90. The Hall–Kier alpha value is -4.12. The number of carbonyl (C=O) groups excluding carboxylic acids is 2. The first-order valence-corrected chi connectivity index (χ1v) is 11.1. The van der Waals surface area contributed by atoms with Crippen LogP contribution in [0.1, 0.15) is 43.0 Å². The number of rotatable bonds is 2. The summed E-state index contributed by atoms with van der Waals surface area (Å²) < 4.78 is 0. The average Bonchev–Trinajstić information content (AvgIpc) is 3.26. The number of benzene rings is 4. The van der Waals surface area contributed by atoms with Crippen LogP contribution in [0, 0.1) is 0 Å². The van der Waals surface area contributed by atoms with E-state index in [-0.39, 0.29) is 11.1 Å². The fraction of sp³-hybridized carbons (Fsp3) is 0.0667. The van der Waals surface area contributed by atoms with Crippen LogP contribution in [0.25, 0.3) is 0 Å². The van der Waals surface area contributed by atoms with Crippen LogP contribution in [0.3, 0.4) is 0 Å². The maximum Gasteiger partial charge on any atom is 0.193 e. The minimum Gasteiger partial charge on any atom is -0.376 e. The van der Waals surface area contributed by atoms with Crippen molar-refractivity contribution in [2.75, 3.05) is 0 Å². The number of ketones is 2. The van der Waals surface area contributed by atoms with Gasteiger partial charge in [0.2, 0.25) is 0 Å². The van der Waals surface area contributed by atoms with E-state index in [1.807, 2.05) is 12.1 Å². The molecule has 4 heteroatoms. The van der Waals surface area contributed by atoms with Crippen molar-refractivity contribution in [3.63, 3.8) is 0 Å². The predicted octanol–water partition coefficient (Wildman–Crippen LogP) is 4.55. The van der Waals surface area contributed by atoms with Crippen LogP contribution in [0.2, 0.25) is 0 Å². The Bertz CT molecular complexity index is 1390. The third kappa shape index (κ3) is 2.49. The van der Waals surface area contributed by atoms with Crippen molar-refractivity contribution in [2.24, 2.45) is 0 Å². The second kappa shape index (κ2) is 7.19. The summed E-state index contributed by atoms with van der Waals surface area (Å²) >= 11 is 0. The zero-order chi connectivity index (χ0) is 23.5. The fourth-order valence-corrected chi connectivity index (χ4v) is 5.41. The Labute approximate surface area is 196 Å². The van der Waals surface area contributed by atoms with Gasteiger partial charge in [0.25, 0.3) is 0 Å². The van der Waals surface area contributed by atoms with E-state index in [1.165, 1.54) is 0 Å². The summed E-state index contributed by atoms with van der Waals surface area (Å²) in [6, 6.07) is 31.3. The van der Waals surface area contributed by atoms with Crippen molar-refractivity contribution in [3.8, 4) is 0 Å². The maximum atomic E-state index is 13.9. The van der Waals surface area contributed by atoms with Crippen molar-refractivity contribution >= 4 is 11.6 Å². The number of carbonyl (C=O) groups is 2. The lowest BCUT2D eigenvalue weighted by molar-refractivity contribution is 0.0803. The molecule has 34 heavy (non-hydrogen) atoms. The molecular formula is C30H20O4. The maximum absolute atomic E-state index is 13.9. The molecule has 2 unspecified atom stereocenters. The molecule has 0 fully saturated rings. The summed E-state index contributed by atoms with van der Waals surface area (Å²) in [6.45, 7) is 0. The topological polar surface area (TPSA) is 74.6 Å². The first-order valence-electron chi connectivity index (χ1n) is 11.1. The molecule has 0 radical (unpaired) electrons. The highest BCUT2D eigenvalue weighted by molar-refractivity contribution is 6.25. The Morgan fingerprint density at radius 3 is 1.15 bits per heavy atom. The van der Waals surface area contributed by atoms with Gasteiger partial charge in [-0.25, -0.2) is 0 Å². The molecule has 2 aliphatic rings. The van der Waals surface area contributed by atoms with E-state index < -0.39 is 22.8 Å². The molecule has 2 atom stereocenters. The quantitative estimate of drug-likeness (QED) is 0.445. The predicted molar refractivity (Wildman–Crippen MR) is 127 cm³/mol. The summed E-state index contributed by atoms with van der Waals surface area (Å²) in [6.07, 6.45) is 0. The van der Waals surface area contributed by atoms with E-state index in [1.54, 1.807) is 97.1 Å². The van der Waals surface area contributed by atoms with Crippen LogP contribution in [0.4, 0.5) is 0 Å². The molecule has 2 N–H and O–H groups in total. The van der Waals surface area contributed by atoms with Gasteiger partial charge in [0.15, 0.2) is 11.6 Å². The van der Waals surface area contributed by atoms with Gasteiger partial charge in [-0.2, -0.15) is 0 Å². The molecule has 0 spiro atoms. The molecule has 4 nitrogen and oxygen atoms in total. The second-order valence-electron chi connectivity index (χ2n) is 8.65. The first kappa shape index (κ1) is 20.5. The van der Waals surface area contributed by atoms with Crippen LogP contribution < -0.4 is 0 Å². The van der Waals surface area contributed by atoms with Gasteiger partial charge in [-0.05, 0) is 11.1 Å². The van der Waals surface area contributed by atoms with E-state index in [9.17, 15) is 19.8 Å². The molecule has 0 aromatic heterocycles. The summed E-state index contributed by atoms with van der Waals surface area (Å²) in [5.41, 5.74) is -1.67. The zero-order valence-corrected chi connectivity index (χ0v) is 18.1. The van der Waals surface area contributed by atoms with Crippen LogP contribution in [0.5, 0.6) is 0 Å². The zero-order valence-electron chi connectivity index (χ0n) is 18.1. The number of Topliss-reactive ketones (excluding diaryl/α,β-unsaturated/α-hetero) is 2. The molecule has 4 aromatic rings. The van der Waals surface area contributed by atoms with Crippen molar-refractivity contribution in [1.82, 2.24) is 0 Å². The third-order valence-corrected chi connectivity index (χ3v) is 6.93. The van der Waals surface area contributed by atoms with E-state index in [0.29, 0.717) is 33.4 Å². The van der Waals surface area contributed by atoms with Crippen molar-refractivity contribution in [1.29, 1.82) is 0 Å². The summed E-state index contributed by atoms with van der Waals surface area (Å²) in [4.78, 5) is 27.8. The highest BCUT2D eigenvalue weighted by Gasteiger charge is 2.57. The lowest BCUT2D eigenvalue weighted by Gasteiger charge is -2.32. The second-order valence-corrected chi connectivity index (χ2v) is 8.65. The molecule has 2 aliphatic carbocycles. The Balaban J connectivity index is 1.77. The van der Waals surface area contributed by atoms with Crippen LogP contribution in [-0.4, -0.2) is 21.8 Å². The molecule has 164 valence electrons. The molecule has 0 aliphatic heterocycles. The van der Waals surface area contributed by atoms with Crippen molar-refractivity contribution < 1.29 is 19.8 Å². The number of aliphatic hydroxyl groups is 2. The van der Waals surface area contributed by atoms with Gasteiger partial charge in [0, 0.05) is 22.3 Å². The number of hydrogen-bond donors (Lipinski definition) is 2. The van der Waals surface area contributed by atoms with E-state index in [2.05, 4.69) is 0 Å². The first-order chi connectivity index (χ1) is 16.5. The summed E-state index contributed by atoms with van der Waals surface area (Å²) in [7, 11) is 0. The molecule has 0 bridgehead atoms. The highest BCUT2D eigenvalue weighted by Crippen LogP contribution is 2.54. The van der Waals surface area contributed by atoms with Gasteiger partial charge in [0.1, 0.15) is 11.2 Å². The highest BCUT2D eigenvalue weighted by atomic mass is 16.3. The van der Waals surface area contributed by atoms with E-state index in [0.717, 1.165) is 0 Å². The normalized spacial score (nSPS) is 25.4. The molecular weight excluding hydrogens is 424 g/mol. The molecule has 0 saturated carbocycles. The third-order valence-electron chi connectivity index (χ3n) is 6.93. The van der Waals surface area contributed by atoms with Crippen LogP contribution in [0.15, 0.2) is 120 Å². The lowest BCUT2D eigenvalue weighted by Crippen LogP contribution is -2.36. The molecule has 0 amide bonds. The standard InChI is InChI=1S/C30H20O4/c31-27-21-15-7-9-17-23(21)29(33,19-11-3-1-4-12-19)25(27)26-28(32)22-16-8-10-18-24(22)30(26,34)20-13-5-2-6-14-20/h1-18,33-34H/b26-25+. The van der Waals surface area contributed by atoms with Gasteiger partial charge < -0.3 is 10.2 Å². The van der Waals surface area contributed by atoms with Gasteiger partial charge in [-0.15, -0.1) is 0 Å². The smallest absolute Gasteiger partial charge is 0.193 e. The number of hydrogen-bond acceptors (Lipinski definition) is 4. The van der Waals surface area contributed by atoms with Crippen LogP contribution in [-0.2, 0) is 11.2 Å². The van der Waals surface area contributed by atoms with Gasteiger partial charge in [0.05, 0.1) is 11.1 Å². The van der Waals surface area contributed by atoms with Gasteiger partial charge >= 0.3 is 0 Å². The number of fused-ring (bicyclic) bond motifs is 2. The molecule has 6 rings (SSSR count). The Morgan fingerprint density at radius 2 is 0.765 bits per heavy atom. The van der Waals surface area contributed by atoms with E-state index >= 15 is 0 Å². The minimum absolute atomic E-state index is 0.104. The van der Waals surface area contributed by atoms with Gasteiger partial charge in [-0.3, -0.25) is 9.59 Å². The van der Waals surface area contributed by atoms with Crippen molar-refractivity contribution in [2.45, 2.75) is 11.2 Å². The summed E-state index contributed by atoms with van der Waals surface area (Å²) in [5.74, 6) is -0.931. The molecule has 0 saturated heterocycles. The lowest BCUT2D eigenvalue weighted by atomic mass is 9.76. The SMILES string of the molecule is O=C1/C(=C2/C(=O)c3ccccc3C2(O)c2ccccc2)C(O)(c2ccccc2)c2ccccc21.